The maximum absolute atomic E-state index is 11.2. The van der Waals surface area contributed by atoms with E-state index in [9.17, 15) is 9.90 Å². The van der Waals surface area contributed by atoms with Crippen molar-refractivity contribution in [2.45, 2.75) is 19.8 Å². The van der Waals surface area contributed by atoms with Crippen LogP contribution in [-0.4, -0.2) is 55.9 Å². The lowest BCUT2D eigenvalue weighted by atomic mass is 9.94. The zero-order valence-electron chi connectivity index (χ0n) is 17.8. The van der Waals surface area contributed by atoms with E-state index in [-0.39, 0.29) is 5.92 Å². The van der Waals surface area contributed by atoms with Crippen LogP contribution in [0.15, 0.2) is 54.6 Å². The van der Waals surface area contributed by atoms with E-state index in [2.05, 4.69) is 36.1 Å². The highest BCUT2D eigenvalue weighted by Crippen LogP contribution is 2.28. The molecule has 0 unspecified atom stereocenters. The first-order valence-electron chi connectivity index (χ1n) is 10.5. The first-order valence-corrected chi connectivity index (χ1v) is 10.5. The SMILES string of the molecule is COc1cccc(C(=CCOCCN2CCC[C@@H](C(=O)O)C2)c2ccccc2C)c1. The number of methoxy groups -OCH3 is 1. The van der Waals surface area contributed by atoms with E-state index in [1.54, 1.807) is 7.11 Å². The largest absolute Gasteiger partial charge is 0.497 e. The van der Waals surface area contributed by atoms with E-state index in [1.807, 2.05) is 30.3 Å². The van der Waals surface area contributed by atoms with Crippen molar-refractivity contribution in [3.05, 3.63) is 71.3 Å². The molecule has 0 aromatic heterocycles. The molecule has 5 heteroatoms. The van der Waals surface area contributed by atoms with Crippen molar-refractivity contribution in [1.82, 2.24) is 4.90 Å². The number of ether oxygens (including phenoxy) is 2. The van der Waals surface area contributed by atoms with Gasteiger partial charge in [-0.2, -0.15) is 0 Å². The van der Waals surface area contributed by atoms with Crippen LogP contribution < -0.4 is 4.74 Å². The first kappa shape index (κ1) is 22.1. The number of nitrogens with zero attached hydrogens (tertiary/aromatic N) is 1. The lowest BCUT2D eigenvalue weighted by Crippen LogP contribution is -2.40. The highest BCUT2D eigenvalue weighted by molar-refractivity contribution is 5.81. The zero-order chi connectivity index (χ0) is 21.3. The molecular weight excluding hydrogens is 378 g/mol. The van der Waals surface area contributed by atoms with Crippen LogP contribution in [0.5, 0.6) is 5.75 Å². The number of aryl methyl sites for hydroxylation is 1. The molecule has 3 rings (SSSR count). The second kappa shape index (κ2) is 11.0. The maximum atomic E-state index is 11.2. The zero-order valence-corrected chi connectivity index (χ0v) is 17.8. The van der Waals surface area contributed by atoms with Crippen molar-refractivity contribution in [2.24, 2.45) is 5.92 Å². The molecular formula is C25H31NO4. The smallest absolute Gasteiger partial charge is 0.307 e. The van der Waals surface area contributed by atoms with Gasteiger partial charge in [-0.3, -0.25) is 4.79 Å². The van der Waals surface area contributed by atoms with Gasteiger partial charge >= 0.3 is 5.97 Å². The molecule has 0 saturated carbocycles. The van der Waals surface area contributed by atoms with Gasteiger partial charge in [0.15, 0.2) is 0 Å². The molecule has 5 nitrogen and oxygen atoms in total. The van der Waals surface area contributed by atoms with Gasteiger partial charge in [0, 0.05) is 13.1 Å². The van der Waals surface area contributed by atoms with Crippen LogP contribution in [0.4, 0.5) is 0 Å². The van der Waals surface area contributed by atoms with Gasteiger partial charge in [0.1, 0.15) is 5.75 Å². The predicted octanol–water partition coefficient (Wildman–Crippen LogP) is 4.25. The van der Waals surface area contributed by atoms with E-state index in [1.165, 1.54) is 11.1 Å². The number of likely N-dealkylation sites (tertiary alicyclic amines) is 1. The average molecular weight is 410 g/mol. The summed E-state index contributed by atoms with van der Waals surface area (Å²) in [6.07, 6.45) is 3.83. The first-order chi connectivity index (χ1) is 14.6. The molecule has 1 atom stereocenters. The second-order valence-electron chi connectivity index (χ2n) is 7.72. The lowest BCUT2D eigenvalue weighted by Gasteiger charge is -2.30. The second-order valence-corrected chi connectivity index (χ2v) is 7.72. The van der Waals surface area contributed by atoms with Gasteiger partial charge in [-0.15, -0.1) is 0 Å². The fraction of sp³-hybridized carbons (Fsp3) is 0.400. The van der Waals surface area contributed by atoms with Gasteiger partial charge in [0.2, 0.25) is 0 Å². The summed E-state index contributed by atoms with van der Waals surface area (Å²) in [6.45, 7) is 5.52. The van der Waals surface area contributed by atoms with Gasteiger partial charge in [0.05, 0.1) is 26.2 Å². The van der Waals surface area contributed by atoms with Crippen LogP contribution in [0.25, 0.3) is 5.57 Å². The molecule has 0 spiro atoms. The molecule has 0 radical (unpaired) electrons. The molecule has 1 saturated heterocycles. The molecule has 0 aliphatic carbocycles. The molecule has 0 amide bonds. The number of carbonyl (C=O) groups is 1. The van der Waals surface area contributed by atoms with E-state index in [0.29, 0.717) is 19.8 Å². The molecule has 1 heterocycles. The van der Waals surface area contributed by atoms with Crippen LogP contribution >= 0.6 is 0 Å². The number of aliphatic carboxylic acids is 1. The summed E-state index contributed by atoms with van der Waals surface area (Å²) in [4.78, 5) is 13.4. The predicted molar refractivity (Wildman–Crippen MR) is 119 cm³/mol. The van der Waals surface area contributed by atoms with Crippen molar-refractivity contribution in [3.63, 3.8) is 0 Å². The van der Waals surface area contributed by atoms with Crippen molar-refractivity contribution in [3.8, 4) is 5.75 Å². The van der Waals surface area contributed by atoms with Crippen LogP contribution in [-0.2, 0) is 9.53 Å². The lowest BCUT2D eigenvalue weighted by molar-refractivity contribution is -0.143. The van der Waals surface area contributed by atoms with E-state index in [4.69, 9.17) is 9.47 Å². The Morgan fingerprint density at radius 3 is 2.83 bits per heavy atom. The highest BCUT2D eigenvalue weighted by atomic mass is 16.5. The number of carboxylic acids is 1. The molecule has 30 heavy (non-hydrogen) atoms. The fourth-order valence-electron chi connectivity index (χ4n) is 3.93. The maximum Gasteiger partial charge on any atom is 0.307 e. The van der Waals surface area contributed by atoms with Gasteiger partial charge in [-0.05, 0) is 60.7 Å². The third kappa shape index (κ3) is 5.94. The topological polar surface area (TPSA) is 59.0 Å². The van der Waals surface area contributed by atoms with Gasteiger partial charge in [-0.25, -0.2) is 0 Å². The van der Waals surface area contributed by atoms with E-state index in [0.717, 1.165) is 42.8 Å². The minimum atomic E-state index is -0.690. The molecule has 2 aromatic rings. The summed E-state index contributed by atoms with van der Waals surface area (Å²) in [5, 5.41) is 9.23. The quantitative estimate of drug-likeness (QED) is 0.628. The minimum absolute atomic E-state index is 0.251. The summed E-state index contributed by atoms with van der Waals surface area (Å²) in [5.74, 6) is -0.116. The van der Waals surface area contributed by atoms with Crippen LogP contribution in [0, 0.1) is 12.8 Å². The Hall–Kier alpha value is -2.63. The summed E-state index contributed by atoms with van der Waals surface area (Å²) in [5.41, 5.74) is 4.60. The summed E-state index contributed by atoms with van der Waals surface area (Å²) in [7, 11) is 1.68. The number of hydrogen-bond donors (Lipinski definition) is 1. The van der Waals surface area contributed by atoms with Crippen molar-refractivity contribution in [1.29, 1.82) is 0 Å². The molecule has 0 bridgehead atoms. The molecule has 160 valence electrons. The Labute approximate surface area is 178 Å². The number of benzene rings is 2. The molecule has 1 N–H and O–H groups in total. The Morgan fingerprint density at radius 1 is 1.23 bits per heavy atom. The summed E-state index contributed by atoms with van der Waals surface area (Å²) in [6, 6.07) is 16.4. The Bertz CT molecular complexity index is 877. The molecule has 1 aliphatic heterocycles. The fourth-order valence-corrected chi connectivity index (χ4v) is 3.93. The normalized spacial score (nSPS) is 17.7. The third-order valence-corrected chi connectivity index (χ3v) is 5.63. The number of rotatable bonds is 9. The Kier molecular flexibility index (Phi) is 8.05. The Morgan fingerprint density at radius 2 is 2.07 bits per heavy atom. The number of carboxylic acid groups (broad SMARTS) is 1. The minimum Gasteiger partial charge on any atom is -0.497 e. The van der Waals surface area contributed by atoms with E-state index >= 15 is 0 Å². The van der Waals surface area contributed by atoms with Gasteiger partial charge in [-0.1, -0.05) is 42.5 Å². The van der Waals surface area contributed by atoms with Gasteiger partial charge in [0.25, 0.3) is 0 Å². The average Bonchev–Trinajstić information content (AvgIpc) is 2.77. The molecule has 2 aromatic carbocycles. The monoisotopic (exact) mass is 409 g/mol. The Balaban J connectivity index is 1.64. The highest BCUT2D eigenvalue weighted by Gasteiger charge is 2.24. The number of piperidine rings is 1. The van der Waals surface area contributed by atoms with Crippen molar-refractivity contribution < 1.29 is 19.4 Å². The van der Waals surface area contributed by atoms with Crippen LogP contribution in [0.3, 0.4) is 0 Å². The number of hydrogen-bond acceptors (Lipinski definition) is 4. The van der Waals surface area contributed by atoms with Crippen LogP contribution in [0.2, 0.25) is 0 Å². The summed E-state index contributed by atoms with van der Waals surface area (Å²) >= 11 is 0. The van der Waals surface area contributed by atoms with E-state index < -0.39 is 5.97 Å². The summed E-state index contributed by atoms with van der Waals surface area (Å²) < 4.78 is 11.3. The molecule has 1 aliphatic rings. The van der Waals surface area contributed by atoms with Crippen LogP contribution in [0.1, 0.15) is 29.5 Å². The van der Waals surface area contributed by atoms with Crippen molar-refractivity contribution in [2.75, 3.05) is 40.0 Å². The molecule has 1 fully saturated rings. The standard InChI is InChI=1S/C25H31NO4/c1-19-7-3-4-11-23(19)24(20-8-5-10-22(17-20)29-2)12-15-30-16-14-26-13-6-9-21(18-26)25(27)28/h3-5,7-8,10-12,17,21H,6,9,13-16,18H2,1-2H3,(H,27,28)/t21-/m1/s1. The van der Waals surface area contributed by atoms with Gasteiger partial charge < -0.3 is 19.5 Å². The van der Waals surface area contributed by atoms with Crippen molar-refractivity contribution >= 4 is 11.5 Å². The third-order valence-electron chi connectivity index (χ3n) is 5.63.